The molecule has 106 valence electrons. The summed E-state index contributed by atoms with van der Waals surface area (Å²) in [5.74, 6) is 0.556. The monoisotopic (exact) mass is 346 g/mol. The molecule has 1 heterocycles. The minimum atomic E-state index is -2.85. The third kappa shape index (κ3) is 3.49. The molecule has 4 nitrogen and oxygen atoms in total. The normalized spacial score (nSPS) is 21.5. The Bertz CT molecular complexity index is 560. The van der Waals surface area contributed by atoms with Crippen LogP contribution in [-0.2, 0) is 16.3 Å². The molecule has 0 bridgehead atoms. The fourth-order valence-electron chi connectivity index (χ4n) is 2.41. The van der Waals surface area contributed by atoms with E-state index >= 15 is 0 Å². The van der Waals surface area contributed by atoms with E-state index in [1.165, 1.54) is 5.56 Å². The summed E-state index contributed by atoms with van der Waals surface area (Å²) < 4.78 is 24.1. The van der Waals surface area contributed by atoms with E-state index in [0.717, 1.165) is 16.6 Å². The Balaban J connectivity index is 2.16. The van der Waals surface area contributed by atoms with Gasteiger partial charge >= 0.3 is 0 Å². The summed E-state index contributed by atoms with van der Waals surface area (Å²) in [6, 6.07) is 6.19. The molecule has 1 aromatic rings. The molecule has 19 heavy (non-hydrogen) atoms. The zero-order valence-electron chi connectivity index (χ0n) is 11.0. The van der Waals surface area contributed by atoms with Crippen LogP contribution in [0, 0.1) is 0 Å². The Morgan fingerprint density at radius 2 is 2.21 bits per heavy atom. The predicted molar refractivity (Wildman–Crippen MR) is 82.4 cm³/mol. The lowest BCUT2D eigenvalue weighted by Crippen LogP contribution is -2.32. The van der Waals surface area contributed by atoms with Crippen molar-refractivity contribution in [1.82, 2.24) is 0 Å². The lowest BCUT2D eigenvalue weighted by Gasteiger charge is -2.26. The molecule has 0 spiro atoms. The Morgan fingerprint density at radius 1 is 1.47 bits per heavy atom. The molecule has 0 amide bonds. The van der Waals surface area contributed by atoms with E-state index < -0.39 is 9.84 Å². The number of hydrogen-bond donors (Lipinski definition) is 1. The van der Waals surface area contributed by atoms with Gasteiger partial charge in [0.15, 0.2) is 9.84 Å². The predicted octanol–water partition coefficient (Wildman–Crippen LogP) is 1.57. The molecule has 2 rings (SSSR count). The van der Waals surface area contributed by atoms with Crippen molar-refractivity contribution < 1.29 is 8.42 Å². The zero-order chi connectivity index (χ0) is 14.0. The van der Waals surface area contributed by atoms with Crippen LogP contribution in [0.5, 0.6) is 0 Å². The van der Waals surface area contributed by atoms with Crippen LogP contribution < -0.4 is 10.6 Å². The van der Waals surface area contributed by atoms with E-state index in [1.54, 1.807) is 0 Å². The van der Waals surface area contributed by atoms with Gasteiger partial charge in [0.05, 0.1) is 11.5 Å². The summed E-state index contributed by atoms with van der Waals surface area (Å²) in [5.41, 5.74) is 7.77. The fraction of sp³-hybridized carbons (Fsp3) is 0.538. The number of nitrogens with two attached hydrogens (primary N) is 1. The summed E-state index contributed by atoms with van der Waals surface area (Å²) in [7, 11) is -0.891. The Labute approximate surface area is 123 Å². The zero-order valence-corrected chi connectivity index (χ0v) is 13.4. The summed E-state index contributed by atoms with van der Waals surface area (Å²) in [5, 5.41) is 0. The second kappa shape index (κ2) is 5.81. The number of benzene rings is 1. The van der Waals surface area contributed by atoms with Crippen molar-refractivity contribution in [3.05, 3.63) is 28.2 Å². The van der Waals surface area contributed by atoms with Gasteiger partial charge in [0.25, 0.3) is 0 Å². The highest BCUT2D eigenvalue weighted by Crippen LogP contribution is 2.27. The van der Waals surface area contributed by atoms with Crippen LogP contribution in [-0.4, -0.2) is 39.6 Å². The van der Waals surface area contributed by atoms with Gasteiger partial charge in [0, 0.05) is 23.2 Å². The third-order valence-electron chi connectivity index (χ3n) is 3.61. The molecule has 6 heteroatoms. The molecule has 1 fully saturated rings. The number of anilines is 1. The van der Waals surface area contributed by atoms with E-state index in [9.17, 15) is 8.42 Å². The summed E-state index contributed by atoms with van der Waals surface area (Å²) in [4.78, 5) is 2.06. The van der Waals surface area contributed by atoms with Crippen molar-refractivity contribution in [1.29, 1.82) is 0 Å². The maximum absolute atomic E-state index is 11.5. The third-order valence-corrected chi connectivity index (χ3v) is 6.10. The molecule has 0 saturated carbocycles. The fourth-order valence-corrected chi connectivity index (χ4v) is 4.74. The van der Waals surface area contributed by atoms with Gasteiger partial charge in [-0.3, -0.25) is 0 Å². The van der Waals surface area contributed by atoms with Crippen molar-refractivity contribution in [2.24, 2.45) is 5.73 Å². The average Bonchev–Trinajstić information content (AvgIpc) is 2.71. The van der Waals surface area contributed by atoms with Gasteiger partial charge in [-0.05, 0) is 37.1 Å². The largest absolute Gasteiger partial charge is 0.371 e. The first-order valence-electron chi connectivity index (χ1n) is 6.35. The van der Waals surface area contributed by atoms with E-state index in [1.807, 2.05) is 25.2 Å². The van der Waals surface area contributed by atoms with Gasteiger partial charge in [0.1, 0.15) is 0 Å². The molecule has 0 aromatic heterocycles. The summed E-state index contributed by atoms with van der Waals surface area (Å²) >= 11 is 3.55. The van der Waals surface area contributed by atoms with Gasteiger partial charge in [-0.2, -0.15) is 0 Å². The average molecular weight is 347 g/mol. The van der Waals surface area contributed by atoms with Crippen LogP contribution in [0.15, 0.2) is 22.7 Å². The summed E-state index contributed by atoms with van der Waals surface area (Å²) in [6.45, 7) is 0.620. The van der Waals surface area contributed by atoms with Crippen molar-refractivity contribution in [2.45, 2.75) is 18.9 Å². The lowest BCUT2D eigenvalue weighted by atomic mass is 10.1. The topological polar surface area (TPSA) is 63.4 Å². The standard InChI is InChI=1S/C13H19BrN2O2S/c1-16(12-5-7-19(17,18)9-12)11-3-2-10(4-6-15)13(14)8-11/h2-3,8,12H,4-7,9,15H2,1H3. The number of sulfone groups is 1. The van der Waals surface area contributed by atoms with Gasteiger partial charge in [-0.1, -0.05) is 22.0 Å². The lowest BCUT2D eigenvalue weighted by molar-refractivity contribution is 0.601. The van der Waals surface area contributed by atoms with Crippen LogP contribution in [0.3, 0.4) is 0 Å². The SMILES string of the molecule is CN(c1ccc(CCN)c(Br)c1)C1CCS(=O)(=O)C1. The first-order valence-corrected chi connectivity index (χ1v) is 8.96. The molecule has 1 saturated heterocycles. The first-order chi connectivity index (χ1) is 8.93. The van der Waals surface area contributed by atoms with E-state index in [0.29, 0.717) is 18.7 Å². The highest BCUT2D eigenvalue weighted by Gasteiger charge is 2.30. The highest BCUT2D eigenvalue weighted by molar-refractivity contribution is 9.10. The second-order valence-electron chi connectivity index (χ2n) is 4.98. The Hall–Kier alpha value is -0.590. The van der Waals surface area contributed by atoms with Crippen molar-refractivity contribution >= 4 is 31.5 Å². The number of halogens is 1. The van der Waals surface area contributed by atoms with Crippen LogP contribution in [0.1, 0.15) is 12.0 Å². The number of hydrogen-bond acceptors (Lipinski definition) is 4. The van der Waals surface area contributed by atoms with Crippen LogP contribution in [0.25, 0.3) is 0 Å². The number of nitrogens with zero attached hydrogens (tertiary/aromatic N) is 1. The maximum atomic E-state index is 11.5. The smallest absolute Gasteiger partial charge is 0.152 e. The number of rotatable bonds is 4. The van der Waals surface area contributed by atoms with E-state index in [4.69, 9.17) is 5.73 Å². The van der Waals surface area contributed by atoms with Crippen LogP contribution >= 0.6 is 15.9 Å². The molecule has 1 unspecified atom stereocenters. The van der Waals surface area contributed by atoms with E-state index in [2.05, 4.69) is 20.8 Å². The first kappa shape index (κ1) is 14.8. The molecule has 0 aliphatic carbocycles. The molecule has 1 atom stereocenters. The molecule has 2 N–H and O–H groups in total. The molecule has 1 aliphatic heterocycles. The van der Waals surface area contributed by atoms with Gasteiger partial charge in [-0.15, -0.1) is 0 Å². The molecular weight excluding hydrogens is 328 g/mol. The summed E-state index contributed by atoms with van der Waals surface area (Å²) in [6.07, 6.45) is 1.55. The Kier molecular flexibility index (Phi) is 4.53. The van der Waals surface area contributed by atoms with Crippen molar-refractivity contribution in [3.8, 4) is 0 Å². The molecule has 1 aliphatic rings. The Morgan fingerprint density at radius 3 is 2.74 bits per heavy atom. The molecular formula is C13H19BrN2O2S. The minimum Gasteiger partial charge on any atom is -0.371 e. The van der Waals surface area contributed by atoms with Crippen molar-refractivity contribution in [3.63, 3.8) is 0 Å². The second-order valence-corrected chi connectivity index (χ2v) is 8.07. The minimum absolute atomic E-state index is 0.0808. The van der Waals surface area contributed by atoms with E-state index in [-0.39, 0.29) is 11.8 Å². The van der Waals surface area contributed by atoms with Gasteiger partial charge < -0.3 is 10.6 Å². The van der Waals surface area contributed by atoms with Crippen molar-refractivity contribution in [2.75, 3.05) is 30.0 Å². The van der Waals surface area contributed by atoms with Gasteiger partial charge in [0.2, 0.25) is 0 Å². The maximum Gasteiger partial charge on any atom is 0.152 e. The molecule has 0 radical (unpaired) electrons. The van der Waals surface area contributed by atoms with Gasteiger partial charge in [-0.25, -0.2) is 8.42 Å². The quantitative estimate of drug-likeness (QED) is 0.898. The van der Waals surface area contributed by atoms with Crippen LogP contribution in [0.2, 0.25) is 0 Å². The molecule has 1 aromatic carbocycles. The van der Waals surface area contributed by atoms with Crippen LogP contribution in [0.4, 0.5) is 5.69 Å². The highest BCUT2D eigenvalue weighted by atomic mass is 79.9.